The summed E-state index contributed by atoms with van der Waals surface area (Å²) in [7, 11) is 1.59. The van der Waals surface area contributed by atoms with Crippen LogP contribution in [0, 0.1) is 6.92 Å². The Morgan fingerprint density at radius 2 is 1.75 bits per heavy atom. The largest absolute Gasteiger partial charge is 0.493 e. The lowest BCUT2D eigenvalue weighted by molar-refractivity contribution is 0.0955. The van der Waals surface area contributed by atoms with Gasteiger partial charge in [-0.1, -0.05) is 48.0 Å². The van der Waals surface area contributed by atoms with Crippen molar-refractivity contribution >= 4 is 12.1 Å². The Labute approximate surface area is 164 Å². The number of hydrogen-bond donors (Lipinski definition) is 1. The summed E-state index contributed by atoms with van der Waals surface area (Å²) in [4.78, 5) is 12.1. The molecule has 0 saturated heterocycles. The molecule has 0 saturated carbocycles. The van der Waals surface area contributed by atoms with Gasteiger partial charge in [-0.25, -0.2) is 5.43 Å². The van der Waals surface area contributed by atoms with Crippen molar-refractivity contribution in [2.45, 2.75) is 13.5 Å². The zero-order valence-electron chi connectivity index (χ0n) is 15.9. The van der Waals surface area contributed by atoms with Gasteiger partial charge in [0.25, 0.3) is 5.91 Å². The maximum atomic E-state index is 12.1. The Kier molecular flexibility index (Phi) is 6.41. The molecule has 0 unspecified atom stereocenters. The van der Waals surface area contributed by atoms with Crippen LogP contribution >= 0.6 is 0 Å². The number of nitrogens with one attached hydrogen (secondary N) is 1. The fourth-order valence-corrected chi connectivity index (χ4v) is 2.55. The summed E-state index contributed by atoms with van der Waals surface area (Å²) in [6.45, 7) is 2.43. The number of benzene rings is 3. The second kappa shape index (κ2) is 9.37. The van der Waals surface area contributed by atoms with Crippen molar-refractivity contribution in [3.05, 3.63) is 95.1 Å². The number of ether oxygens (including phenoxy) is 2. The third-order valence-electron chi connectivity index (χ3n) is 4.12. The Morgan fingerprint density at radius 1 is 1.00 bits per heavy atom. The number of hydrogen-bond acceptors (Lipinski definition) is 4. The summed E-state index contributed by atoms with van der Waals surface area (Å²) in [5, 5.41) is 4.02. The van der Waals surface area contributed by atoms with Gasteiger partial charge in [-0.3, -0.25) is 4.79 Å². The number of methoxy groups -OCH3 is 1. The summed E-state index contributed by atoms with van der Waals surface area (Å²) in [6, 6.07) is 22.7. The van der Waals surface area contributed by atoms with Crippen molar-refractivity contribution < 1.29 is 14.3 Å². The Balaban J connectivity index is 1.61. The van der Waals surface area contributed by atoms with Gasteiger partial charge in [0.05, 0.1) is 13.3 Å². The van der Waals surface area contributed by atoms with Gasteiger partial charge in [0, 0.05) is 5.56 Å². The number of hydrazone groups is 1. The van der Waals surface area contributed by atoms with E-state index in [1.807, 2.05) is 67.6 Å². The van der Waals surface area contributed by atoms with E-state index in [9.17, 15) is 4.79 Å². The first-order valence-electron chi connectivity index (χ1n) is 8.90. The monoisotopic (exact) mass is 374 g/mol. The number of carbonyl (C=O) groups is 1. The highest BCUT2D eigenvalue weighted by atomic mass is 16.5. The van der Waals surface area contributed by atoms with Crippen molar-refractivity contribution in [2.24, 2.45) is 5.10 Å². The van der Waals surface area contributed by atoms with Gasteiger partial charge in [-0.2, -0.15) is 5.10 Å². The van der Waals surface area contributed by atoms with E-state index in [-0.39, 0.29) is 5.91 Å². The van der Waals surface area contributed by atoms with Gasteiger partial charge >= 0.3 is 0 Å². The molecule has 28 heavy (non-hydrogen) atoms. The summed E-state index contributed by atoms with van der Waals surface area (Å²) in [5.74, 6) is 0.989. The van der Waals surface area contributed by atoms with Crippen LogP contribution in [0.1, 0.15) is 27.0 Å². The Bertz CT molecular complexity index is 951. The fraction of sp³-hybridized carbons (Fsp3) is 0.130. The SMILES string of the molecule is COc1cc(/C=N\NC(=O)c2ccc(C)cc2)ccc1OCc1ccccc1. The zero-order chi connectivity index (χ0) is 19.8. The highest BCUT2D eigenvalue weighted by Crippen LogP contribution is 2.28. The van der Waals surface area contributed by atoms with E-state index in [0.717, 1.165) is 16.7 Å². The van der Waals surface area contributed by atoms with Crippen LogP contribution < -0.4 is 14.9 Å². The molecule has 3 aromatic rings. The molecule has 0 fully saturated rings. The molecule has 3 aromatic carbocycles. The van der Waals surface area contributed by atoms with Crippen molar-refractivity contribution in [1.82, 2.24) is 5.43 Å². The predicted molar refractivity (Wildman–Crippen MR) is 110 cm³/mol. The lowest BCUT2D eigenvalue weighted by Gasteiger charge is -2.11. The average molecular weight is 374 g/mol. The van der Waals surface area contributed by atoms with Crippen LogP contribution in [0.3, 0.4) is 0 Å². The molecule has 0 bridgehead atoms. The molecule has 0 atom stereocenters. The summed E-state index contributed by atoms with van der Waals surface area (Å²) >= 11 is 0. The number of nitrogens with zero attached hydrogens (tertiary/aromatic N) is 1. The minimum absolute atomic E-state index is 0.258. The maximum absolute atomic E-state index is 12.1. The van der Waals surface area contributed by atoms with Gasteiger partial charge in [0.1, 0.15) is 6.61 Å². The molecule has 5 nitrogen and oxygen atoms in total. The molecule has 142 valence electrons. The zero-order valence-corrected chi connectivity index (χ0v) is 15.9. The lowest BCUT2D eigenvalue weighted by atomic mass is 10.1. The van der Waals surface area contributed by atoms with Crippen LogP contribution in [0.2, 0.25) is 0 Å². The van der Waals surface area contributed by atoms with Gasteiger partial charge in [-0.15, -0.1) is 0 Å². The van der Waals surface area contributed by atoms with E-state index < -0.39 is 0 Å². The third-order valence-corrected chi connectivity index (χ3v) is 4.12. The minimum atomic E-state index is -0.258. The highest BCUT2D eigenvalue weighted by Gasteiger charge is 2.06. The van der Waals surface area contributed by atoms with E-state index >= 15 is 0 Å². The molecule has 0 aliphatic heterocycles. The molecule has 0 heterocycles. The van der Waals surface area contributed by atoms with Gasteiger partial charge < -0.3 is 9.47 Å². The normalized spacial score (nSPS) is 10.6. The van der Waals surface area contributed by atoms with E-state index in [0.29, 0.717) is 23.7 Å². The smallest absolute Gasteiger partial charge is 0.271 e. The highest BCUT2D eigenvalue weighted by molar-refractivity contribution is 5.94. The van der Waals surface area contributed by atoms with Crippen molar-refractivity contribution in [2.75, 3.05) is 7.11 Å². The third kappa shape index (κ3) is 5.20. The maximum Gasteiger partial charge on any atom is 0.271 e. The second-order valence-electron chi connectivity index (χ2n) is 6.25. The molecule has 3 rings (SSSR count). The molecule has 1 amide bonds. The standard InChI is InChI=1S/C23H22N2O3/c1-17-8-11-20(12-9-17)23(26)25-24-15-19-10-13-21(22(14-19)27-2)28-16-18-6-4-3-5-7-18/h3-15H,16H2,1-2H3,(H,25,26)/b24-15-. The molecule has 0 aliphatic rings. The van der Waals surface area contributed by atoms with Gasteiger partial charge in [0.2, 0.25) is 0 Å². The number of aryl methyl sites for hydroxylation is 1. The fourth-order valence-electron chi connectivity index (χ4n) is 2.55. The van der Waals surface area contributed by atoms with Crippen LogP contribution in [0.5, 0.6) is 11.5 Å². The van der Waals surface area contributed by atoms with Crippen molar-refractivity contribution in [3.63, 3.8) is 0 Å². The summed E-state index contributed by atoms with van der Waals surface area (Å²) < 4.78 is 11.2. The van der Waals surface area contributed by atoms with Crippen LogP contribution in [0.15, 0.2) is 77.9 Å². The van der Waals surface area contributed by atoms with Crippen LogP contribution in [0.4, 0.5) is 0 Å². The van der Waals surface area contributed by atoms with E-state index in [1.54, 1.807) is 25.5 Å². The number of rotatable bonds is 7. The van der Waals surface area contributed by atoms with E-state index in [2.05, 4.69) is 10.5 Å². The molecule has 0 spiro atoms. The molecular weight excluding hydrogens is 352 g/mol. The summed E-state index contributed by atoms with van der Waals surface area (Å²) in [5.41, 5.74) is 6.05. The van der Waals surface area contributed by atoms with Gasteiger partial charge in [0.15, 0.2) is 11.5 Å². The molecule has 5 heteroatoms. The summed E-state index contributed by atoms with van der Waals surface area (Å²) in [6.07, 6.45) is 1.57. The van der Waals surface area contributed by atoms with Crippen LogP contribution in [0.25, 0.3) is 0 Å². The van der Waals surface area contributed by atoms with Gasteiger partial charge in [-0.05, 0) is 48.4 Å². The topological polar surface area (TPSA) is 59.9 Å². The molecule has 0 radical (unpaired) electrons. The van der Waals surface area contributed by atoms with Crippen LogP contribution in [-0.2, 0) is 6.61 Å². The predicted octanol–water partition coefficient (Wildman–Crippen LogP) is 4.35. The molecular formula is C23H22N2O3. The minimum Gasteiger partial charge on any atom is -0.493 e. The quantitative estimate of drug-likeness (QED) is 0.494. The Hall–Kier alpha value is -3.60. The van der Waals surface area contributed by atoms with Crippen molar-refractivity contribution in [1.29, 1.82) is 0 Å². The second-order valence-corrected chi connectivity index (χ2v) is 6.25. The first-order valence-corrected chi connectivity index (χ1v) is 8.90. The number of carbonyl (C=O) groups excluding carboxylic acids is 1. The van der Waals surface area contributed by atoms with Crippen LogP contribution in [-0.4, -0.2) is 19.2 Å². The van der Waals surface area contributed by atoms with E-state index in [1.165, 1.54) is 0 Å². The first kappa shape index (κ1) is 19.2. The van der Waals surface area contributed by atoms with E-state index in [4.69, 9.17) is 9.47 Å². The molecule has 1 N–H and O–H groups in total. The first-order chi connectivity index (χ1) is 13.7. The van der Waals surface area contributed by atoms with Crippen molar-refractivity contribution in [3.8, 4) is 11.5 Å². The average Bonchev–Trinajstić information content (AvgIpc) is 2.73. The Morgan fingerprint density at radius 3 is 2.46 bits per heavy atom. The number of amides is 1. The molecule has 0 aromatic heterocycles. The molecule has 0 aliphatic carbocycles. The lowest BCUT2D eigenvalue weighted by Crippen LogP contribution is -2.17.